The van der Waals surface area contributed by atoms with E-state index in [9.17, 15) is 0 Å². The molecule has 0 amide bonds. The topological polar surface area (TPSA) is 3.24 Å². The van der Waals surface area contributed by atoms with Gasteiger partial charge in [-0.2, -0.15) is 0 Å². The Labute approximate surface area is 87.2 Å². The van der Waals surface area contributed by atoms with Gasteiger partial charge in [0.1, 0.15) is 0 Å². The van der Waals surface area contributed by atoms with Gasteiger partial charge in [0.05, 0.1) is 0 Å². The third-order valence-corrected chi connectivity index (χ3v) is 2.02. The Morgan fingerprint density at radius 3 is 2.17 bits per heavy atom. The molecule has 0 aromatic heterocycles. The molecule has 2 heteroatoms. The molecule has 1 rings (SSSR count). The zero-order chi connectivity index (χ0) is 8.97. The molecule has 0 saturated heterocycles. The van der Waals surface area contributed by atoms with E-state index in [2.05, 4.69) is 57.8 Å². The van der Waals surface area contributed by atoms with Gasteiger partial charge < -0.3 is 4.90 Å². The minimum atomic E-state index is 1.24. The van der Waals surface area contributed by atoms with Gasteiger partial charge in [-0.25, -0.2) is 0 Å². The molecule has 0 fully saturated rings. The lowest BCUT2D eigenvalue weighted by molar-refractivity contribution is 1.13. The van der Waals surface area contributed by atoms with Gasteiger partial charge in [-0.1, -0.05) is 34.7 Å². The summed E-state index contributed by atoms with van der Waals surface area (Å²) in [5.41, 5.74) is 2.48. The van der Waals surface area contributed by atoms with Gasteiger partial charge in [0.15, 0.2) is 0 Å². The van der Waals surface area contributed by atoms with Crippen molar-refractivity contribution in [3.05, 3.63) is 33.9 Å². The Morgan fingerprint density at radius 1 is 1.17 bits per heavy atom. The van der Waals surface area contributed by atoms with Gasteiger partial charge >= 0.3 is 0 Å². The number of hydrogen-bond donors (Lipinski definition) is 0. The van der Waals surface area contributed by atoms with Crippen LogP contribution in [0.15, 0.2) is 28.3 Å². The van der Waals surface area contributed by atoms with E-state index in [1.807, 2.05) is 18.2 Å². The van der Waals surface area contributed by atoms with E-state index in [-0.39, 0.29) is 0 Å². The minimum absolute atomic E-state index is 1.24. The molecule has 0 saturated carbocycles. The van der Waals surface area contributed by atoms with E-state index < -0.39 is 0 Å². The third kappa shape index (κ3) is 2.52. The van der Waals surface area contributed by atoms with E-state index in [4.69, 9.17) is 0 Å². The molecule has 0 unspecified atom stereocenters. The number of halogens is 1. The molecule has 0 spiro atoms. The third-order valence-electron chi connectivity index (χ3n) is 1.66. The average Bonchev–Trinajstić information content (AvgIpc) is 2.06. The molecule has 1 aromatic rings. The second kappa shape index (κ2) is 4.50. The van der Waals surface area contributed by atoms with Crippen LogP contribution < -0.4 is 4.90 Å². The number of hydrogen-bond acceptors (Lipinski definition) is 1. The quantitative estimate of drug-likeness (QED) is 0.748. The summed E-state index contributed by atoms with van der Waals surface area (Å²) < 4.78 is 2.02. The van der Waals surface area contributed by atoms with Gasteiger partial charge in [0.2, 0.25) is 0 Å². The molecule has 0 aliphatic heterocycles. The molecule has 64 valence electrons. The molecule has 0 radical (unpaired) electrons. The maximum atomic E-state index is 2.22. The van der Waals surface area contributed by atoms with Crippen molar-refractivity contribution in [2.24, 2.45) is 0 Å². The number of benzene rings is 1. The van der Waals surface area contributed by atoms with E-state index in [0.717, 1.165) is 0 Å². The Bertz CT molecular complexity index is 262. The first kappa shape index (κ1) is 9.58. The van der Waals surface area contributed by atoms with Crippen molar-refractivity contribution in [3.8, 4) is 0 Å². The minimum Gasteiger partial charge on any atom is -0.378 e. The van der Waals surface area contributed by atoms with Crippen LogP contribution in [0.5, 0.6) is 0 Å². The second-order valence-electron chi connectivity index (χ2n) is 2.78. The predicted molar refractivity (Wildman–Crippen MR) is 63.8 cm³/mol. The highest BCUT2D eigenvalue weighted by molar-refractivity contribution is 14.1. The van der Waals surface area contributed by atoms with E-state index >= 15 is 0 Å². The Balaban J connectivity index is 2.85. The van der Waals surface area contributed by atoms with Crippen LogP contribution in [0.1, 0.15) is 5.56 Å². The Kier molecular flexibility index (Phi) is 3.59. The van der Waals surface area contributed by atoms with Crippen molar-refractivity contribution in [3.63, 3.8) is 0 Å². The van der Waals surface area contributed by atoms with Crippen LogP contribution in [0.3, 0.4) is 0 Å². The van der Waals surface area contributed by atoms with Crippen molar-refractivity contribution < 1.29 is 0 Å². The van der Waals surface area contributed by atoms with Gasteiger partial charge in [0.25, 0.3) is 0 Å². The number of rotatable bonds is 2. The molecular weight excluding hydrogens is 261 g/mol. The van der Waals surface area contributed by atoms with Crippen molar-refractivity contribution in [2.45, 2.75) is 0 Å². The summed E-state index contributed by atoms with van der Waals surface area (Å²) in [5, 5.41) is 0. The van der Waals surface area contributed by atoms with E-state index in [0.29, 0.717) is 0 Å². The highest BCUT2D eigenvalue weighted by Crippen LogP contribution is 2.13. The van der Waals surface area contributed by atoms with Crippen LogP contribution in [0.4, 0.5) is 5.69 Å². The molecule has 12 heavy (non-hydrogen) atoms. The molecule has 0 N–H and O–H groups in total. The SMILES string of the molecule is CN(C)c1ccc(/C=C/I)cc1. The molecule has 0 heterocycles. The summed E-state index contributed by atoms with van der Waals surface area (Å²) in [5.74, 6) is 0. The number of anilines is 1. The molecule has 0 bridgehead atoms. The second-order valence-corrected chi connectivity index (χ2v) is 3.50. The number of nitrogens with zero attached hydrogens (tertiary/aromatic N) is 1. The lowest BCUT2D eigenvalue weighted by Crippen LogP contribution is -2.07. The average molecular weight is 273 g/mol. The van der Waals surface area contributed by atoms with Crippen LogP contribution in [-0.4, -0.2) is 14.1 Å². The molecule has 0 aliphatic carbocycles. The highest BCUT2D eigenvalue weighted by atomic mass is 127. The predicted octanol–water partition coefficient (Wildman–Crippen LogP) is 3.16. The van der Waals surface area contributed by atoms with E-state index in [1.165, 1.54) is 11.3 Å². The zero-order valence-corrected chi connectivity index (χ0v) is 9.45. The lowest BCUT2D eigenvalue weighted by atomic mass is 10.2. The van der Waals surface area contributed by atoms with Gasteiger partial charge in [-0.05, 0) is 27.9 Å². The van der Waals surface area contributed by atoms with Crippen molar-refractivity contribution in [2.75, 3.05) is 19.0 Å². The summed E-state index contributed by atoms with van der Waals surface area (Å²) in [6.45, 7) is 0. The largest absolute Gasteiger partial charge is 0.378 e. The monoisotopic (exact) mass is 273 g/mol. The maximum absolute atomic E-state index is 2.22. The van der Waals surface area contributed by atoms with E-state index in [1.54, 1.807) is 0 Å². The molecule has 0 atom stereocenters. The first-order valence-corrected chi connectivity index (χ1v) is 5.03. The fraction of sp³-hybridized carbons (Fsp3) is 0.200. The highest BCUT2D eigenvalue weighted by Gasteiger charge is 1.92. The summed E-state index contributed by atoms with van der Waals surface area (Å²) in [6.07, 6.45) is 2.08. The van der Waals surface area contributed by atoms with Crippen LogP contribution >= 0.6 is 22.6 Å². The lowest BCUT2D eigenvalue weighted by Gasteiger charge is -2.11. The Morgan fingerprint density at radius 2 is 1.75 bits per heavy atom. The summed E-state index contributed by atoms with van der Waals surface area (Å²) in [6, 6.07) is 8.47. The van der Waals surface area contributed by atoms with Crippen molar-refractivity contribution >= 4 is 34.4 Å². The van der Waals surface area contributed by atoms with Crippen LogP contribution in [0.2, 0.25) is 0 Å². The maximum Gasteiger partial charge on any atom is 0.0361 e. The smallest absolute Gasteiger partial charge is 0.0361 e. The van der Waals surface area contributed by atoms with Gasteiger partial charge in [0, 0.05) is 19.8 Å². The van der Waals surface area contributed by atoms with Crippen LogP contribution in [0, 0.1) is 0 Å². The Hall–Kier alpha value is -0.510. The molecular formula is C10H12IN. The molecule has 1 nitrogen and oxygen atoms in total. The van der Waals surface area contributed by atoms with Crippen molar-refractivity contribution in [1.82, 2.24) is 0 Å². The zero-order valence-electron chi connectivity index (χ0n) is 7.29. The summed E-state index contributed by atoms with van der Waals surface area (Å²) in [7, 11) is 4.09. The van der Waals surface area contributed by atoms with Gasteiger partial charge in [-0.3, -0.25) is 0 Å². The molecule has 0 aliphatic rings. The van der Waals surface area contributed by atoms with Crippen LogP contribution in [-0.2, 0) is 0 Å². The normalized spacial score (nSPS) is 10.6. The fourth-order valence-electron chi connectivity index (χ4n) is 0.956. The molecule has 1 aromatic carbocycles. The first-order chi connectivity index (χ1) is 5.74. The van der Waals surface area contributed by atoms with Crippen LogP contribution in [0.25, 0.3) is 6.08 Å². The fourth-order valence-corrected chi connectivity index (χ4v) is 1.37. The van der Waals surface area contributed by atoms with Gasteiger partial charge in [-0.15, -0.1) is 0 Å². The van der Waals surface area contributed by atoms with Crippen molar-refractivity contribution in [1.29, 1.82) is 0 Å². The summed E-state index contributed by atoms with van der Waals surface area (Å²) in [4.78, 5) is 2.09. The standard InChI is InChI=1S/C10H12IN/c1-12(2)10-5-3-9(4-6-10)7-8-11/h3-8H,1-2H3/b8-7+. The first-order valence-electron chi connectivity index (χ1n) is 3.78. The summed E-state index contributed by atoms with van der Waals surface area (Å²) >= 11 is 2.22.